The molecule has 0 aliphatic carbocycles. The van der Waals surface area contributed by atoms with Crippen LogP contribution in [0, 0.1) is 24.1 Å². The highest BCUT2D eigenvalue weighted by Crippen LogP contribution is 2.39. The van der Waals surface area contributed by atoms with E-state index in [4.69, 9.17) is 20.7 Å². The number of nitrogens with two attached hydrogens (primary N) is 1. The number of fused-ring (bicyclic) bond motifs is 3. The molecule has 3 aromatic heterocycles. The largest absolute Gasteiger partial charge is 0.421 e. The molecule has 34 heavy (non-hydrogen) atoms. The van der Waals surface area contributed by atoms with Gasteiger partial charge in [0.25, 0.3) is 0 Å². The van der Waals surface area contributed by atoms with Crippen molar-refractivity contribution in [2.45, 2.75) is 31.7 Å². The van der Waals surface area contributed by atoms with E-state index >= 15 is 0 Å². The minimum atomic E-state index is -0.508. The second-order valence-corrected chi connectivity index (χ2v) is 8.56. The smallest absolute Gasteiger partial charge is 0.326 e. The molecule has 1 aliphatic rings. The highest BCUT2D eigenvalue weighted by Gasteiger charge is 2.36. The normalized spacial score (nSPS) is 17.9. The second kappa shape index (κ2) is 8.39. The summed E-state index contributed by atoms with van der Waals surface area (Å²) in [7, 11) is 1.73. The number of ether oxygens (including phenoxy) is 1. The van der Waals surface area contributed by atoms with Gasteiger partial charge in [-0.3, -0.25) is 0 Å². The third-order valence-corrected chi connectivity index (χ3v) is 6.14. The van der Waals surface area contributed by atoms with Crippen LogP contribution in [0.25, 0.3) is 21.9 Å². The molecule has 0 radical (unpaired) electrons. The summed E-state index contributed by atoms with van der Waals surface area (Å²) in [5.74, 6) is 1.24. The van der Waals surface area contributed by atoms with Gasteiger partial charge in [-0.2, -0.15) is 15.2 Å². The zero-order valence-electron chi connectivity index (χ0n) is 18.9. The van der Waals surface area contributed by atoms with E-state index in [1.807, 2.05) is 0 Å². The first kappa shape index (κ1) is 21.8. The first-order chi connectivity index (χ1) is 16.4. The Morgan fingerprint density at radius 1 is 1.32 bits per heavy atom. The molecule has 0 bridgehead atoms. The average Bonchev–Trinajstić information content (AvgIpc) is 3.39. The highest BCUT2D eigenvalue weighted by molar-refractivity contribution is 6.14. The van der Waals surface area contributed by atoms with E-state index in [2.05, 4.69) is 36.2 Å². The van der Waals surface area contributed by atoms with Crippen LogP contribution in [-0.2, 0) is 0 Å². The number of hydrogen-bond donors (Lipinski definition) is 3. The summed E-state index contributed by atoms with van der Waals surface area (Å²) < 4.78 is 20.3. The summed E-state index contributed by atoms with van der Waals surface area (Å²) >= 11 is 0. The lowest BCUT2D eigenvalue weighted by molar-refractivity contribution is 0.436. The van der Waals surface area contributed by atoms with Crippen molar-refractivity contribution < 1.29 is 9.13 Å². The molecule has 1 atom stereocenters. The summed E-state index contributed by atoms with van der Waals surface area (Å²) in [5, 5.41) is 13.4. The van der Waals surface area contributed by atoms with Crippen molar-refractivity contribution in [3.8, 4) is 17.8 Å². The molecule has 1 fully saturated rings. The molecule has 4 heterocycles. The molecule has 4 N–H and O–H groups in total. The molecule has 4 aromatic rings. The van der Waals surface area contributed by atoms with Crippen LogP contribution < -0.4 is 20.7 Å². The van der Waals surface area contributed by atoms with E-state index in [-0.39, 0.29) is 11.8 Å². The van der Waals surface area contributed by atoms with Crippen LogP contribution in [0.3, 0.4) is 0 Å². The van der Waals surface area contributed by atoms with Crippen molar-refractivity contribution in [1.82, 2.24) is 24.9 Å². The maximum Gasteiger partial charge on any atom is 0.326 e. The summed E-state index contributed by atoms with van der Waals surface area (Å²) in [6, 6.07) is 5.18. The molecule has 5 rings (SSSR count). The Balaban J connectivity index is 1.65. The molecule has 0 saturated carbocycles. The van der Waals surface area contributed by atoms with Crippen molar-refractivity contribution in [1.29, 1.82) is 5.26 Å². The molecule has 1 aliphatic heterocycles. The fraction of sp³-hybridized carbons (Fsp3) is 0.348. The van der Waals surface area contributed by atoms with Crippen LogP contribution in [0.4, 0.5) is 15.9 Å². The van der Waals surface area contributed by atoms with Gasteiger partial charge < -0.3 is 25.7 Å². The zero-order chi connectivity index (χ0) is 23.9. The number of nitrogens with zero attached hydrogens (tertiary/aromatic N) is 6. The van der Waals surface area contributed by atoms with Gasteiger partial charge in [-0.05, 0) is 31.9 Å². The Labute approximate surface area is 195 Å². The second-order valence-electron chi connectivity index (χ2n) is 8.56. The van der Waals surface area contributed by atoms with Crippen LogP contribution in [0.1, 0.15) is 25.1 Å². The third kappa shape index (κ3) is 3.92. The molecule has 1 aromatic carbocycles. The summed E-state index contributed by atoms with van der Waals surface area (Å²) in [6.45, 7) is 2.93. The van der Waals surface area contributed by atoms with E-state index in [0.717, 1.165) is 0 Å². The van der Waals surface area contributed by atoms with Crippen LogP contribution >= 0.6 is 0 Å². The van der Waals surface area contributed by atoms with Crippen molar-refractivity contribution >= 4 is 33.4 Å². The molecule has 11 heteroatoms. The molecule has 1 saturated heterocycles. The van der Waals surface area contributed by atoms with E-state index in [9.17, 15) is 4.39 Å². The predicted molar refractivity (Wildman–Crippen MR) is 126 cm³/mol. The van der Waals surface area contributed by atoms with Gasteiger partial charge in [0.15, 0.2) is 5.75 Å². The highest BCUT2D eigenvalue weighted by atomic mass is 19.1. The Hall–Kier alpha value is -4.04. The minimum Gasteiger partial charge on any atom is -0.421 e. The SMILES string of the molecule is CNc1cc(F)cc2c1[nH]c1nc(Oc3cnc(C)nc3)nc(N3CCC(N)(CCC#N)C3)c12. The summed E-state index contributed by atoms with van der Waals surface area (Å²) in [4.78, 5) is 22.9. The van der Waals surface area contributed by atoms with Gasteiger partial charge in [0.1, 0.15) is 23.1 Å². The molecule has 174 valence electrons. The first-order valence-electron chi connectivity index (χ1n) is 11.0. The lowest BCUT2D eigenvalue weighted by Gasteiger charge is -2.24. The van der Waals surface area contributed by atoms with E-state index in [1.165, 1.54) is 12.1 Å². The Bertz CT molecular complexity index is 1410. The molecule has 10 nitrogen and oxygen atoms in total. The van der Waals surface area contributed by atoms with E-state index in [0.29, 0.717) is 77.4 Å². The molecule has 1 unspecified atom stereocenters. The lowest BCUT2D eigenvalue weighted by Crippen LogP contribution is -2.42. The van der Waals surface area contributed by atoms with Gasteiger partial charge in [0.05, 0.1) is 35.1 Å². The fourth-order valence-electron chi connectivity index (χ4n) is 4.42. The zero-order valence-corrected chi connectivity index (χ0v) is 18.9. The van der Waals surface area contributed by atoms with Crippen LogP contribution in [0.15, 0.2) is 24.5 Å². The first-order valence-corrected chi connectivity index (χ1v) is 11.0. The molecular formula is C23H24FN9O. The van der Waals surface area contributed by atoms with Crippen molar-refractivity contribution in [3.63, 3.8) is 0 Å². The number of anilines is 2. The Morgan fingerprint density at radius 2 is 2.12 bits per heavy atom. The fourth-order valence-corrected chi connectivity index (χ4v) is 4.42. The van der Waals surface area contributed by atoms with E-state index in [1.54, 1.807) is 26.4 Å². The Morgan fingerprint density at radius 3 is 2.85 bits per heavy atom. The molecule has 0 amide bonds. The number of rotatable bonds is 6. The lowest BCUT2D eigenvalue weighted by atomic mass is 9.94. The number of hydrogen-bond acceptors (Lipinski definition) is 9. The number of H-pyrrole nitrogens is 1. The van der Waals surface area contributed by atoms with Crippen molar-refractivity contribution in [2.75, 3.05) is 30.4 Å². The molecular weight excluding hydrogens is 437 g/mol. The monoisotopic (exact) mass is 461 g/mol. The number of aromatic nitrogens is 5. The maximum atomic E-state index is 14.5. The van der Waals surface area contributed by atoms with Gasteiger partial charge >= 0.3 is 6.01 Å². The number of nitrogens with one attached hydrogen (secondary N) is 2. The number of nitriles is 1. The standard InChI is InChI=1S/C23H24FN9O/c1-13-28-10-15(11-29-13)34-22-31-20-18(16-8-14(24)9-17(27-2)19(16)30-20)21(32-22)33-7-5-23(26,12-33)4-3-6-25/h8-11,27H,3-5,7,12,26H2,1-2H3,(H,30,31,32). The van der Waals surface area contributed by atoms with Gasteiger partial charge in [-0.1, -0.05) is 0 Å². The maximum absolute atomic E-state index is 14.5. The summed E-state index contributed by atoms with van der Waals surface area (Å²) in [6.07, 6.45) is 4.79. The summed E-state index contributed by atoms with van der Waals surface area (Å²) in [5.41, 5.74) is 7.92. The van der Waals surface area contributed by atoms with Crippen LogP contribution in [0.2, 0.25) is 0 Å². The van der Waals surface area contributed by atoms with Gasteiger partial charge in [-0.25, -0.2) is 14.4 Å². The Kier molecular flexibility index (Phi) is 5.37. The van der Waals surface area contributed by atoms with E-state index < -0.39 is 5.54 Å². The number of halogens is 1. The topological polar surface area (TPSA) is 142 Å². The quantitative estimate of drug-likeness (QED) is 0.394. The van der Waals surface area contributed by atoms with Crippen LogP contribution in [-0.4, -0.2) is 50.6 Å². The van der Waals surface area contributed by atoms with Gasteiger partial charge in [0.2, 0.25) is 0 Å². The average molecular weight is 462 g/mol. The minimum absolute atomic E-state index is 0.111. The molecule has 0 spiro atoms. The predicted octanol–water partition coefficient (Wildman–Crippen LogP) is 3.39. The van der Waals surface area contributed by atoms with Gasteiger partial charge in [0, 0.05) is 37.5 Å². The van der Waals surface area contributed by atoms with Crippen molar-refractivity contribution in [3.05, 3.63) is 36.2 Å². The van der Waals surface area contributed by atoms with Crippen molar-refractivity contribution in [2.24, 2.45) is 5.73 Å². The van der Waals surface area contributed by atoms with Crippen LogP contribution in [0.5, 0.6) is 11.8 Å². The third-order valence-electron chi connectivity index (χ3n) is 6.14. The van der Waals surface area contributed by atoms with Gasteiger partial charge in [-0.15, -0.1) is 0 Å². The number of benzene rings is 1. The number of aromatic amines is 1. The number of aryl methyl sites for hydroxylation is 1.